The number of aliphatic carboxylic acids is 1. The first-order valence-corrected chi connectivity index (χ1v) is 6.26. The minimum Gasteiger partial charge on any atom is -0.479 e. The third-order valence-corrected chi connectivity index (χ3v) is 2.21. The van der Waals surface area contributed by atoms with Gasteiger partial charge in [-0.3, -0.25) is 0 Å². The van der Waals surface area contributed by atoms with Crippen LogP contribution in [0.2, 0.25) is 0 Å². The van der Waals surface area contributed by atoms with E-state index in [-0.39, 0.29) is 29.6 Å². The molecule has 0 aromatic carbocycles. The molecule has 0 saturated carbocycles. The molecule has 0 aliphatic carbocycles. The van der Waals surface area contributed by atoms with Gasteiger partial charge >= 0.3 is 35.5 Å². The zero-order valence-electron chi connectivity index (χ0n) is 11.7. The largest absolute Gasteiger partial charge is 1.00 e. The molecule has 0 saturated heterocycles. The number of rotatable bonds is 8. The number of carbonyl (C=O) groups is 1. The fourth-order valence-electron chi connectivity index (χ4n) is 1.13. The molecule has 4 heteroatoms. The Bertz CT molecular complexity index is 142. The monoisotopic (exact) mass is 254 g/mol. The van der Waals surface area contributed by atoms with Gasteiger partial charge in [-0.15, -0.1) is 0 Å². The van der Waals surface area contributed by atoms with Crippen LogP contribution >= 0.6 is 0 Å². The Morgan fingerprint density at radius 3 is 1.76 bits per heavy atom. The standard InChI is InChI=1S/C10H21.C3H6O3.Na/c1-3-5-7-9-10-8-6-4-2;1-2(4)3(5)6;/h1,3-10H2,2H3;2,4H,1H3,(H,5,6);/q-1;;+1. The number of aliphatic hydroxyl groups excluding tert-OH is 1. The van der Waals surface area contributed by atoms with E-state index in [1.807, 2.05) is 0 Å². The minimum atomic E-state index is -1.23. The third kappa shape index (κ3) is 26.2. The van der Waals surface area contributed by atoms with Gasteiger partial charge in [-0.2, -0.15) is 6.42 Å². The van der Waals surface area contributed by atoms with Crippen molar-refractivity contribution in [1.29, 1.82) is 0 Å². The predicted molar refractivity (Wildman–Crippen MR) is 67.3 cm³/mol. The Kier molecular flexibility index (Phi) is 25.0. The molecule has 0 aromatic heterocycles. The van der Waals surface area contributed by atoms with E-state index in [1.165, 1.54) is 51.9 Å². The van der Waals surface area contributed by atoms with Crippen molar-refractivity contribution in [2.24, 2.45) is 0 Å². The maximum absolute atomic E-state index is 9.45. The van der Waals surface area contributed by atoms with E-state index in [9.17, 15) is 4.79 Å². The Balaban J connectivity index is -0.000000244. The summed E-state index contributed by atoms with van der Waals surface area (Å²) in [6.07, 6.45) is 9.69. The van der Waals surface area contributed by atoms with Crippen LogP contribution in [-0.4, -0.2) is 22.3 Å². The molecule has 1 unspecified atom stereocenters. The Labute approximate surface area is 128 Å². The van der Waals surface area contributed by atoms with Crippen LogP contribution < -0.4 is 29.6 Å². The van der Waals surface area contributed by atoms with Crippen LogP contribution in [0.25, 0.3) is 0 Å². The summed E-state index contributed by atoms with van der Waals surface area (Å²) in [5, 5.41) is 15.8. The first-order valence-electron chi connectivity index (χ1n) is 6.26. The van der Waals surface area contributed by atoms with Gasteiger partial charge in [-0.25, -0.2) is 4.79 Å². The van der Waals surface area contributed by atoms with Crippen molar-refractivity contribution < 1.29 is 44.6 Å². The molecule has 0 bridgehead atoms. The van der Waals surface area contributed by atoms with Crippen molar-refractivity contribution in [2.75, 3.05) is 0 Å². The molecule has 0 spiro atoms. The molecule has 0 amide bonds. The van der Waals surface area contributed by atoms with E-state index in [4.69, 9.17) is 10.2 Å². The molecule has 0 aliphatic rings. The summed E-state index contributed by atoms with van der Waals surface area (Å²) in [5.74, 6) is -1.19. The number of carboxylic acid groups (broad SMARTS) is 1. The van der Waals surface area contributed by atoms with Crippen molar-refractivity contribution in [1.82, 2.24) is 0 Å². The molecule has 0 rings (SSSR count). The fraction of sp³-hybridized carbons (Fsp3) is 0.846. The van der Waals surface area contributed by atoms with Crippen LogP contribution in [-0.2, 0) is 4.79 Å². The van der Waals surface area contributed by atoms with Gasteiger partial charge in [0.15, 0.2) is 0 Å². The quantitative estimate of drug-likeness (QED) is 0.375. The molecule has 3 nitrogen and oxygen atoms in total. The molecule has 0 aliphatic heterocycles. The Hall–Kier alpha value is 0.430. The van der Waals surface area contributed by atoms with Crippen LogP contribution in [0.1, 0.15) is 65.2 Å². The van der Waals surface area contributed by atoms with Crippen molar-refractivity contribution in [3.8, 4) is 0 Å². The molecular formula is C13H27NaO3. The van der Waals surface area contributed by atoms with Crippen LogP contribution in [0.3, 0.4) is 0 Å². The average molecular weight is 254 g/mol. The fourth-order valence-corrected chi connectivity index (χ4v) is 1.13. The van der Waals surface area contributed by atoms with Gasteiger partial charge in [0.2, 0.25) is 0 Å². The van der Waals surface area contributed by atoms with Gasteiger partial charge < -0.3 is 17.1 Å². The molecular weight excluding hydrogens is 227 g/mol. The summed E-state index contributed by atoms with van der Waals surface area (Å²) in [4.78, 5) is 9.45. The molecule has 1 atom stereocenters. The van der Waals surface area contributed by atoms with E-state index in [1.54, 1.807) is 0 Å². The summed E-state index contributed by atoms with van der Waals surface area (Å²) >= 11 is 0. The molecule has 0 heterocycles. The van der Waals surface area contributed by atoms with Crippen LogP contribution in [0.15, 0.2) is 0 Å². The summed E-state index contributed by atoms with van der Waals surface area (Å²) in [6.45, 7) is 7.28. The molecule has 17 heavy (non-hydrogen) atoms. The van der Waals surface area contributed by atoms with Gasteiger partial charge in [0.25, 0.3) is 0 Å². The average Bonchev–Trinajstić information content (AvgIpc) is 2.24. The minimum absolute atomic E-state index is 0. The summed E-state index contributed by atoms with van der Waals surface area (Å²) in [7, 11) is 0. The molecule has 0 aromatic rings. The Morgan fingerprint density at radius 2 is 1.47 bits per heavy atom. The van der Waals surface area contributed by atoms with Crippen LogP contribution in [0.5, 0.6) is 0 Å². The second-order valence-electron chi connectivity index (χ2n) is 3.99. The van der Waals surface area contributed by atoms with Gasteiger partial charge in [-0.1, -0.05) is 51.9 Å². The van der Waals surface area contributed by atoms with Crippen molar-refractivity contribution in [3.05, 3.63) is 6.92 Å². The van der Waals surface area contributed by atoms with Crippen LogP contribution in [0, 0.1) is 6.92 Å². The third-order valence-electron chi connectivity index (χ3n) is 2.21. The Morgan fingerprint density at radius 1 is 1.12 bits per heavy atom. The molecule has 98 valence electrons. The first-order chi connectivity index (χ1) is 7.56. The van der Waals surface area contributed by atoms with Crippen molar-refractivity contribution in [2.45, 2.75) is 71.3 Å². The van der Waals surface area contributed by atoms with E-state index >= 15 is 0 Å². The molecule has 0 fully saturated rings. The molecule has 2 N–H and O–H groups in total. The first kappa shape index (κ1) is 22.6. The van der Waals surface area contributed by atoms with Gasteiger partial charge in [0.1, 0.15) is 6.10 Å². The number of hydrogen-bond donors (Lipinski definition) is 2. The van der Waals surface area contributed by atoms with Crippen molar-refractivity contribution >= 4 is 5.97 Å². The maximum Gasteiger partial charge on any atom is 1.00 e. The van der Waals surface area contributed by atoms with Gasteiger partial charge in [0.05, 0.1) is 0 Å². The zero-order valence-corrected chi connectivity index (χ0v) is 13.7. The van der Waals surface area contributed by atoms with E-state index in [0.717, 1.165) is 6.42 Å². The van der Waals surface area contributed by atoms with E-state index in [2.05, 4.69) is 13.8 Å². The van der Waals surface area contributed by atoms with Gasteiger partial charge in [0, 0.05) is 0 Å². The van der Waals surface area contributed by atoms with E-state index in [0.29, 0.717) is 0 Å². The predicted octanol–water partition coefficient (Wildman–Crippen LogP) is 0.417. The normalized spacial score (nSPS) is 10.8. The maximum atomic E-state index is 9.45. The second-order valence-corrected chi connectivity index (χ2v) is 3.99. The number of aliphatic hydroxyl groups is 1. The van der Waals surface area contributed by atoms with Gasteiger partial charge in [-0.05, 0) is 6.92 Å². The SMILES string of the molecule is CC(O)C(=O)O.[CH2-]CCCCCCCCC.[Na+]. The zero-order chi connectivity index (χ0) is 12.8. The van der Waals surface area contributed by atoms with E-state index < -0.39 is 12.1 Å². The van der Waals surface area contributed by atoms with Crippen LogP contribution in [0.4, 0.5) is 0 Å². The number of hydrogen-bond acceptors (Lipinski definition) is 2. The topological polar surface area (TPSA) is 57.5 Å². The summed E-state index contributed by atoms with van der Waals surface area (Å²) in [6, 6.07) is 0. The second kappa shape index (κ2) is 18.8. The van der Waals surface area contributed by atoms with Crippen molar-refractivity contribution in [3.63, 3.8) is 0 Å². The summed E-state index contributed by atoms with van der Waals surface area (Å²) in [5.41, 5.74) is 0. The number of carboxylic acids is 1. The summed E-state index contributed by atoms with van der Waals surface area (Å²) < 4.78 is 0. The smallest absolute Gasteiger partial charge is 0.479 e. The molecule has 0 radical (unpaired) electrons. The number of unbranched alkanes of at least 4 members (excludes halogenated alkanes) is 7.